The maximum atomic E-state index is 13.0. The summed E-state index contributed by atoms with van der Waals surface area (Å²) in [4.78, 5) is 11.3. The van der Waals surface area contributed by atoms with E-state index in [1.165, 1.54) is 6.92 Å². The molecule has 0 atom stereocenters. The lowest BCUT2D eigenvalue weighted by Crippen LogP contribution is -2.14. The number of benzene rings is 1. The minimum absolute atomic E-state index is 0.0169. The quantitative estimate of drug-likeness (QED) is 0.499. The first-order valence-electron chi connectivity index (χ1n) is 4.60. The SMILES string of the molecule is CCOC(=O)c1cc(C(F)(F)F)c(F)cc1N. The summed E-state index contributed by atoms with van der Waals surface area (Å²) in [6.07, 6.45) is -4.89. The van der Waals surface area contributed by atoms with Gasteiger partial charge in [0.05, 0.1) is 17.7 Å². The summed E-state index contributed by atoms with van der Waals surface area (Å²) in [5.41, 5.74) is 2.82. The Kier molecular flexibility index (Phi) is 3.59. The number of ether oxygens (including phenoxy) is 1. The van der Waals surface area contributed by atoms with Gasteiger partial charge in [-0.15, -0.1) is 0 Å². The lowest BCUT2D eigenvalue weighted by molar-refractivity contribution is -0.140. The summed E-state index contributed by atoms with van der Waals surface area (Å²) >= 11 is 0. The molecule has 0 spiro atoms. The Labute approximate surface area is 94.2 Å². The molecular formula is C10H9F4NO2. The van der Waals surface area contributed by atoms with Crippen LogP contribution in [0.15, 0.2) is 12.1 Å². The third-order valence-electron chi connectivity index (χ3n) is 1.94. The zero-order valence-electron chi connectivity index (χ0n) is 8.77. The van der Waals surface area contributed by atoms with Gasteiger partial charge in [0.15, 0.2) is 0 Å². The van der Waals surface area contributed by atoms with E-state index in [2.05, 4.69) is 4.74 Å². The molecule has 94 valence electrons. The van der Waals surface area contributed by atoms with Crippen molar-refractivity contribution in [1.29, 1.82) is 0 Å². The van der Waals surface area contributed by atoms with Gasteiger partial charge in [0.25, 0.3) is 0 Å². The van der Waals surface area contributed by atoms with Crippen LogP contribution in [0.2, 0.25) is 0 Å². The van der Waals surface area contributed by atoms with E-state index in [1.54, 1.807) is 0 Å². The number of alkyl halides is 3. The molecule has 0 aliphatic carbocycles. The summed E-state index contributed by atoms with van der Waals surface area (Å²) in [6, 6.07) is 0.803. The van der Waals surface area contributed by atoms with Crippen molar-refractivity contribution in [3.63, 3.8) is 0 Å². The zero-order chi connectivity index (χ0) is 13.2. The highest BCUT2D eigenvalue weighted by molar-refractivity contribution is 5.95. The van der Waals surface area contributed by atoms with Crippen LogP contribution in [0.25, 0.3) is 0 Å². The molecule has 0 fully saturated rings. The molecule has 0 amide bonds. The van der Waals surface area contributed by atoms with E-state index in [0.29, 0.717) is 12.1 Å². The van der Waals surface area contributed by atoms with Gasteiger partial charge in [0, 0.05) is 5.69 Å². The van der Waals surface area contributed by atoms with Gasteiger partial charge >= 0.3 is 12.1 Å². The van der Waals surface area contributed by atoms with Crippen molar-refractivity contribution in [2.75, 3.05) is 12.3 Å². The van der Waals surface area contributed by atoms with Crippen molar-refractivity contribution in [3.8, 4) is 0 Å². The van der Waals surface area contributed by atoms with E-state index in [-0.39, 0.29) is 6.61 Å². The van der Waals surface area contributed by atoms with E-state index in [4.69, 9.17) is 5.73 Å². The maximum absolute atomic E-state index is 13.0. The fourth-order valence-corrected chi connectivity index (χ4v) is 1.19. The fourth-order valence-electron chi connectivity index (χ4n) is 1.19. The Morgan fingerprint density at radius 3 is 2.47 bits per heavy atom. The molecule has 3 nitrogen and oxygen atoms in total. The monoisotopic (exact) mass is 251 g/mol. The molecule has 0 aromatic heterocycles. The maximum Gasteiger partial charge on any atom is 0.419 e. The van der Waals surface area contributed by atoms with Gasteiger partial charge in [-0.1, -0.05) is 0 Å². The Bertz CT molecular complexity index is 443. The molecule has 0 aliphatic heterocycles. The van der Waals surface area contributed by atoms with Gasteiger partial charge in [0.2, 0.25) is 0 Å². The molecule has 0 bridgehead atoms. The minimum atomic E-state index is -4.89. The number of hydrogen-bond acceptors (Lipinski definition) is 3. The second-order valence-corrected chi connectivity index (χ2v) is 3.14. The van der Waals surface area contributed by atoms with Gasteiger partial charge < -0.3 is 10.5 Å². The van der Waals surface area contributed by atoms with Crippen LogP contribution in [0.5, 0.6) is 0 Å². The van der Waals surface area contributed by atoms with Gasteiger partial charge in [-0.2, -0.15) is 13.2 Å². The average molecular weight is 251 g/mol. The highest BCUT2D eigenvalue weighted by Crippen LogP contribution is 2.33. The number of hydrogen-bond donors (Lipinski definition) is 1. The van der Waals surface area contributed by atoms with E-state index in [1.807, 2.05) is 0 Å². The van der Waals surface area contributed by atoms with Crippen molar-refractivity contribution in [3.05, 3.63) is 29.1 Å². The average Bonchev–Trinajstić information content (AvgIpc) is 2.15. The molecule has 1 aromatic rings. The second-order valence-electron chi connectivity index (χ2n) is 3.14. The summed E-state index contributed by atoms with van der Waals surface area (Å²) in [6.45, 7) is 1.47. The van der Waals surface area contributed by atoms with Crippen molar-refractivity contribution < 1.29 is 27.1 Å². The van der Waals surface area contributed by atoms with Crippen LogP contribution < -0.4 is 5.73 Å². The van der Waals surface area contributed by atoms with E-state index in [9.17, 15) is 22.4 Å². The molecule has 1 aromatic carbocycles. The van der Waals surface area contributed by atoms with Crippen LogP contribution >= 0.6 is 0 Å². The first kappa shape index (κ1) is 13.3. The first-order valence-corrected chi connectivity index (χ1v) is 4.60. The largest absolute Gasteiger partial charge is 0.462 e. The Morgan fingerprint density at radius 2 is 2.00 bits per heavy atom. The highest BCUT2D eigenvalue weighted by Gasteiger charge is 2.35. The molecule has 0 heterocycles. The Hall–Kier alpha value is -1.79. The molecular weight excluding hydrogens is 242 g/mol. The van der Waals surface area contributed by atoms with Crippen molar-refractivity contribution >= 4 is 11.7 Å². The van der Waals surface area contributed by atoms with Crippen molar-refractivity contribution in [2.24, 2.45) is 0 Å². The van der Waals surface area contributed by atoms with Crippen molar-refractivity contribution in [2.45, 2.75) is 13.1 Å². The topological polar surface area (TPSA) is 52.3 Å². The molecule has 0 radical (unpaired) electrons. The number of carbonyl (C=O) groups is 1. The predicted octanol–water partition coefficient (Wildman–Crippen LogP) is 2.60. The fraction of sp³-hybridized carbons (Fsp3) is 0.300. The van der Waals surface area contributed by atoms with Crippen LogP contribution in [-0.4, -0.2) is 12.6 Å². The standard InChI is InChI=1S/C10H9F4NO2/c1-2-17-9(16)5-3-6(10(12,13)14)7(11)4-8(5)15/h3-4H,2,15H2,1H3. The van der Waals surface area contributed by atoms with Crippen LogP contribution in [-0.2, 0) is 10.9 Å². The van der Waals surface area contributed by atoms with E-state index < -0.39 is 34.8 Å². The highest BCUT2D eigenvalue weighted by atomic mass is 19.4. The van der Waals surface area contributed by atoms with Crippen LogP contribution in [0.4, 0.5) is 23.2 Å². The van der Waals surface area contributed by atoms with Gasteiger partial charge in [-0.25, -0.2) is 9.18 Å². The van der Waals surface area contributed by atoms with Gasteiger partial charge in [-0.05, 0) is 19.1 Å². The number of carbonyl (C=O) groups excluding carboxylic acids is 1. The Morgan fingerprint density at radius 1 is 1.41 bits per heavy atom. The summed E-state index contributed by atoms with van der Waals surface area (Å²) < 4.78 is 54.7. The summed E-state index contributed by atoms with van der Waals surface area (Å²) in [7, 11) is 0. The normalized spacial score (nSPS) is 11.4. The lowest BCUT2D eigenvalue weighted by atomic mass is 10.1. The molecule has 0 unspecified atom stereocenters. The molecule has 17 heavy (non-hydrogen) atoms. The number of anilines is 1. The lowest BCUT2D eigenvalue weighted by Gasteiger charge is -2.11. The van der Waals surface area contributed by atoms with E-state index >= 15 is 0 Å². The van der Waals surface area contributed by atoms with Crippen LogP contribution in [0, 0.1) is 5.82 Å². The first-order chi connectivity index (χ1) is 7.77. The minimum Gasteiger partial charge on any atom is -0.462 e. The second kappa shape index (κ2) is 4.60. The Balaban J connectivity index is 3.29. The molecule has 0 aliphatic rings. The summed E-state index contributed by atoms with van der Waals surface area (Å²) in [5.74, 6) is -2.54. The van der Waals surface area contributed by atoms with Crippen molar-refractivity contribution in [1.82, 2.24) is 0 Å². The molecule has 2 N–H and O–H groups in total. The van der Waals surface area contributed by atoms with Gasteiger partial charge in [-0.3, -0.25) is 0 Å². The number of nitrogen functional groups attached to an aromatic ring is 1. The smallest absolute Gasteiger partial charge is 0.419 e. The number of rotatable bonds is 2. The molecule has 0 saturated carbocycles. The van der Waals surface area contributed by atoms with Gasteiger partial charge in [0.1, 0.15) is 5.82 Å². The zero-order valence-corrected chi connectivity index (χ0v) is 8.77. The number of halogens is 4. The molecule has 7 heteroatoms. The van der Waals surface area contributed by atoms with E-state index in [0.717, 1.165) is 0 Å². The molecule has 1 rings (SSSR count). The number of nitrogens with two attached hydrogens (primary N) is 1. The summed E-state index contributed by atoms with van der Waals surface area (Å²) in [5, 5.41) is 0. The third-order valence-corrected chi connectivity index (χ3v) is 1.94. The number of esters is 1. The van der Waals surface area contributed by atoms with Crippen LogP contribution in [0.3, 0.4) is 0 Å². The van der Waals surface area contributed by atoms with Crippen LogP contribution in [0.1, 0.15) is 22.8 Å². The molecule has 0 saturated heterocycles. The predicted molar refractivity (Wildman–Crippen MR) is 51.8 cm³/mol. The third kappa shape index (κ3) is 2.86.